The maximum absolute atomic E-state index is 6.00. The number of halogens is 2. The van der Waals surface area contributed by atoms with Crippen molar-refractivity contribution in [1.82, 2.24) is 10.3 Å². The molecule has 0 spiro atoms. The molecule has 1 atom stereocenters. The van der Waals surface area contributed by atoms with Gasteiger partial charge in [0.25, 0.3) is 0 Å². The third-order valence-electron chi connectivity index (χ3n) is 2.30. The van der Waals surface area contributed by atoms with E-state index in [2.05, 4.69) is 10.3 Å². The molecule has 2 nitrogen and oxygen atoms in total. The van der Waals surface area contributed by atoms with Crippen LogP contribution in [0, 0.1) is 0 Å². The molecule has 0 fully saturated rings. The predicted molar refractivity (Wildman–Crippen MR) is 69.5 cm³/mol. The fourth-order valence-electron chi connectivity index (χ4n) is 1.53. The number of hydrogen-bond acceptors (Lipinski definition) is 3. The van der Waals surface area contributed by atoms with Gasteiger partial charge in [0.05, 0.1) is 21.6 Å². The topological polar surface area (TPSA) is 24.9 Å². The predicted octanol–water partition coefficient (Wildman–Crippen LogP) is 3.76. The highest BCUT2D eigenvalue weighted by atomic mass is 35.5. The van der Waals surface area contributed by atoms with E-state index < -0.39 is 0 Å². The van der Waals surface area contributed by atoms with Crippen LogP contribution in [-0.4, -0.2) is 12.0 Å². The molecule has 0 aliphatic rings. The second-order valence-electron chi connectivity index (χ2n) is 3.30. The summed E-state index contributed by atoms with van der Waals surface area (Å²) in [5.74, 6) is 0. The van der Waals surface area contributed by atoms with Gasteiger partial charge < -0.3 is 5.32 Å². The lowest BCUT2D eigenvalue weighted by molar-refractivity contribution is 0.702. The number of nitrogens with one attached hydrogen (secondary N) is 1. The fourth-order valence-corrected chi connectivity index (χ4v) is 2.60. The number of nitrogens with zero attached hydrogens (tertiary/aromatic N) is 1. The zero-order valence-electron chi connectivity index (χ0n) is 8.58. The average molecular weight is 273 g/mol. The molecule has 1 aromatic heterocycles. The van der Waals surface area contributed by atoms with Gasteiger partial charge in [0.2, 0.25) is 0 Å². The Hall–Kier alpha value is -0.610. The SMILES string of the molecule is CNC(c1ccc(Cl)c(Cl)c1)c1cncs1. The van der Waals surface area contributed by atoms with Crippen molar-refractivity contribution in [3.63, 3.8) is 0 Å². The minimum atomic E-state index is 0.113. The van der Waals surface area contributed by atoms with Crippen molar-refractivity contribution in [3.05, 3.63) is 50.4 Å². The lowest BCUT2D eigenvalue weighted by Gasteiger charge is -2.15. The van der Waals surface area contributed by atoms with E-state index in [1.54, 1.807) is 11.3 Å². The standard InChI is InChI=1S/C11H10Cl2N2S/c1-14-11(10-5-15-6-16-10)7-2-3-8(12)9(13)4-7/h2-6,11,14H,1H3. The van der Waals surface area contributed by atoms with Crippen LogP contribution in [0.1, 0.15) is 16.5 Å². The first-order chi connectivity index (χ1) is 7.72. The molecule has 2 aromatic rings. The summed E-state index contributed by atoms with van der Waals surface area (Å²) in [5, 5.41) is 4.38. The Morgan fingerprint density at radius 2 is 2.12 bits per heavy atom. The van der Waals surface area contributed by atoms with Gasteiger partial charge in [-0.15, -0.1) is 11.3 Å². The Bertz CT molecular complexity index is 471. The lowest BCUT2D eigenvalue weighted by atomic mass is 10.1. The second kappa shape index (κ2) is 5.15. The van der Waals surface area contributed by atoms with E-state index in [1.807, 2.05) is 37.0 Å². The fraction of sp³-hybridized carbons (Fsp3) is 0.182. The number of benzene rings is 1. The smallest absolute Gasteiger partial charge is 0.0794 e. The summed E-state index contributed by atoms with van der Waals surface area (Å²) in [6, 6.07) is 5.77. The molecule has 5 heteroatoms. The lowest BCUT2D eigenvalue weighted by Crippen LogP contribution is -2.16. The van der Waals surface area contributed by atoms with Crippen LogP contribution in [0.25, 0.3) is 0 Å². The third kappa shape index (κ3) is 2.38. The average Bonchev–Trinajstić information content (AvgIpc) is 2.78. The third-order valence-corrected chi connectivity index (χ3v) is 3.88. The molecule has 0 bridgehead atoms. The van der Waals surface area contributed by atoms with E-state index in [-0.39, 0.29) is 6.04 Å². The van der Waals surface area contributed by atoms with Gasteiger partial charge in [0.1, 0.15) is 0 Å². The van der Waals surface area contributed by atoms with Crippen molar-refractivity contribution in [1.29, 1.82) is 0 Å². The van der Waals surface area contributed by atoms with E-state index in [4.69, 9.17) is 23.2 Å². The van der Waals surface area contributed by atoms with Crippen LogP contribution in [0.2, 0.25) is 10.0 Å². The van der Waals surface area contributed by atoms with Crippen molar-refractivity contribution < 1.29 is 0 Å². The van der Waals surface area contributed by atoms with E-state index >= 15 is 0 Å². The van der Waals surface area contributed by atoms with Crippen molar-refractivity contribution in [3.8, 4) is 0 Å². The molecule has 0 aliphatic heterocycles. The van der Waals surface area contributed by atoms with Crippen LogP contribution < -0.4 is 5.32 Å². The molecular weight excluding hydrogens is 263 g/mol. The van der Waals surface area contributed by atoms with Crippen molar-refractivity contribution in [2.75, 3.05) is 7.05 Å². The van der Waals surface area contributed by atoms with Gasteiger partial charge in [-0.3, -0.25) is 4.98 Å². The molecule has 1 aromatic carbocycles. The molecule has 1 unspecified atom stereocenters. The minimum absolute atomic E-state index is 0.113. The van der Waals surface area contributed by atoms with Gasteiger partial charge in [-0.2, -0.15) is 0 Å². The summed E-state index contributed by atoms with van der Waals surface area (Å²) < 4.78 is 0. The Kier molecular flexibility index (Phi) is 3.82. The van der Waals surface area contributed by atoms with Crippen LogP contribution in [0.4, 0.5) is 0 Å². The van der Waals surface area contributed by atoms with Gasteiger partial charge in [0, 0.05) is 11.1 Å². The van der Waals surface area contributed by atoms with Gasteiger partial charge in [-0.1, -0.05) is 29.3 Å². The summed E-state index contributed by atoms with van der Waals surface area (Å²) in [6.07, 6.45) is 1.86. The zero-order valence-corrected chi connectivity index (χ0v) is 10.9. The molecule has 0 saturated heterocycles. The first kappa shape index (κ1) is 11.9. The van der Waals surface area contributed by atoms with E-state index in [1.165, 1.54) is 0 Å². The summed E-state index contributed by atoms with van der Waals surface area (Å²) in [6.45, 7) is 0. The van der Waals surface area contributed by atoms with Crippen LogP contribution in [0.5, 0.6) is 0 Å². The molecule has 2 rings (SSSR count). The Morgan fingerprint density at radius 3 is 2.69 bits per heavy atom. The van der Waals surface area contributed by atoms with E-state index in [9.17, 15) is 0 Å². The molecule has 0 amide bonds. The highest BCUT2D eigenvalue weighted by Gasteiger charge is 2.14. The number of aromatic nitrogens is 1. The molecule has 0 aliphatic carbocycles. The van der Waals surface area contributed by atoms with Crippen molar-refractivity contribution >= 4 is 34.5 Å². The summed E-state index contributed by atoms with van der Waals surface area (Å²) >= 11 is 13.5. The Labute approximate surface area is 108 Å². The van der Waals surface area contributed by atoms with Gasteiger partial charge in [-0.25, -0.2) is 0 Å². The first-order valence-electron chi connectivity index (χ1n) is 4.73. The largest absolute Gasteiger partial charge is 0.309 e. The quantitative estimate of drug-likeness (QED) is 0.921. The Balaban J connectivity index is 2.37. The normalized spacial score (nSPS) is 12.7. The maximum Gasteiger partial charge on any atom is 0.0794 e. The second-order valence-corrected chi connectivity index (χ2v) is 5.03. The molecule has 84 valence electrons. The molecule has 16 heavy (non-hydrogen) atoms. The molecule has 0 radical (unpaired) electrons. The Morgan fingerprint density at radius 1 is 1.31 bits per heavy atom. The van der Waals surface area contributed by atoms with Crippen molar-refractivity contribution in [2.45, 2.75) is 6.04 Å². The number of thiazole rings is 1. The summed E-state index contributed by atoms with van der Waals surface area (Å²) in [7, 11) is 1.91. The molecule has 1 N–H and O–H groups in total. The molecular formula is C11H10Cl2N2S. The molecule has 1 heterocycles. The number of rotatable bonds is 3. The first-order valence-corrected chi connectivity index (χ1v) is 6.36. The van der Waals surface area contributed by atoms with Crippen LogP contribution in [0.15, 0.2) is 29.9 Å². The van der Waals surface area contributed by atoms with Gasteiger partial charge in [0.15, 0.2) is 0 Å². The van der Waals surface area contributed by atoms with Gasteiger partial charge in [-0.05, 0) is 24.7 Å². The number of hydrogen-bond donors (Lipinski definition) is 1. The molecule has 0 saturated carbocycles. The van der Waals surface area contributed by atoms with E-state index in [0.717, 1.165) is 10.4 Å². The van der Waals surface area contributed by atoms with Crippen molar-refractivity contribution in [2.24, 2.45) is 0 Å². The van der Waals surface area contributed by atoms with Crippen LogP contribution in [-0.2, 0) is 0 Å². The zero-order chi connectivity index (χ0) is 11.5. The highest BCUT2D eigenvalue weighted by Crippen LogP contribution is 2.29. The van der Waals surface area contributed by atoms with Crippen LogP contribution >= 0.6 is 34.5 Å². The highest BCUT2D eigenvalue weighted by molar-refractivity contribution is 7.09. The summed E-state index contributed by atoms with van der Waals surface area (Å²) in [4.78, 5) is 5.23. The monoisotopic (exact) mass is 272 g/mol. The minimum Gasteiger partial charge on any atom is -0.309 e. The van der Waals surface area contributed by atoms with E-state index in [0.29, 0.717) is 10.0 Å². The van der Waals surface area contributed by atoms with Gasteiger partial charge >= 0.3 is 0 Å². The summed E-state index contributed by atoms with van der Waals surface area (Å²) in [5.41, 5.74) is 2.90. The maximum atomic E-state index is 6.00. The van der Waals surface area contributed by atoms with Crippen LogP contribution in [0.3, 0.4) is 0 Å².